The van der Waals surface area contributed by atoms with E-state index in [2.05, 4.69) is 5.32 Å². The second kappa shape index (κ2) is 3.04. The lowest BCUT2D eigenvalue weighted by Crippen LogP contribution is -2.48. The van der Waals surface area contributed by atoms with Crippen LogP contribution in [0, 0.1) is 5.82 Å². The molecule has 1 heterocycles. The zero-order valence-corrected chi connectivity index (χ0v) is 9.56. The van der Waals surface area contributed by atoms with Gasteiger partial charge in [0.15, 0.2) is 9.84 Å². The smallest absolute Gasteiger partial charge is 0.245 e. The van der Waals surface area contributed by atoms with Crippen LogP contribution >= 0.6 is 0 Å². The standard InChI is InChI=1S/C10H10FNO3S/c1-10(2)9(13)12-8-6(11)4-3-5-7(8)16(10,14)15/h3-5H,1-2H3,(H,12,13). The lowest BCUT2D eigenvalue weighted by molar-refractivity contribution is -0.118. The molecule has 1 aromatic rings. The maximum Gasteiger partial charge on any atom is 0.245 e. The Morgan fingerprint density at radius 3 is 2.56 bits per heavy atom. The molecule has 0 aliphatic carbocycles. The molecule has 0 unspecified atom stereocenters. The highest BCUT2D eigenvalue weighted by molar-refractivity contribution is 7.94. The second-order valence-corrected chi connectivity index (χ2v) is 6.55. The van der Waals surface area contributed by atoms with Crippen molar-refractivity contribution in [3.05, 3.63) is 24.0 Å². The number of anilines is 1. The number of sulfone groups is 1. The van der Waals surface area contributed by atoms with Gasteiger partial charge in [0.05, 0.1) is 10.6 Å². The van der Waals surface area contributed by atoms with Crippen molar-refractivity contribution in [1.82, 2.24) is 0 Å². The summed E-state index contributed by atoms with van der Waals surface area (Å²) in [7, 11) is -3.84. The minimum atomic E-state index is -3.84. The quantitative estimate of drug-likeness (QED) is 0.747. The molecule has 1 aliphatic rings. The Morgan fingerprint density at radius 1 is 1.31 bits per heavy atom. The molecule has 1 aliphatic heterocycles. The molecule has 4 nitrogen and oxygen atoms in total. The Kier molecular flexibility index (Phi) is 2.10. The van der Waals surface area contributed by atoms with Crippen LogP contribution in [0.3, 0.4) is 0 Å². The number of hydrogen-bond acceptors (Lipinski definition) is 3. The summed E-state index contributed by atoms with van der Waals surface area (Å²) in [6, 6.07) is 3.70. The van der Waals surface area contributed by atoms with E-state index in [0.717, 1.165) is 6.07 Å². The van der Waals surface area contributed by atoms with Crippen LogP contribution < -0.4 is 5.32 Å². The van der Waals surface area contributed by atoms with Gasteiger partial charge in [-0.15, -0.1) is 0 Å². The molecule has 86 valence electrons. The maximum atomic E-state index is 13.4. The number of fused-ring (bicyclic) bond motifs is 1. The third-order valence-electron chi connectivity index (χ3n) is 2.72. The molecule has 0 spiro atoms. The number of para-hydroxylation sites is 1. The Bertz CT molecular complexity index is 578. The van der Waals surface area contributed by atoms with Crippen molar-refractivity contribution in [3.63, 3.8) is 0 Å². The molecule has 1 N–H and O–H groups in total. The summed E-state index contributed by atoms with van der Waals surface area (Å²) in [4.78, 5) is 11.4. The monoisotopic (exact) mass is 243 g/mol. The predicted octanol–water partition coefficient (Wildman–Crippen LogP) is 1.33. The number of nitrogens with one attached hydrogen (secondary N) is 1. The fourth-order valence-electron chi connectivity index (χ4n) is 1.51. The molecule has 0 fully saturated rings. The summed E-state index contributed by atoms with van der Waals surface area (Å²) in [5.74, 6) is -1.46. The number of amides is 1. The number of carbonyl (C=O) groups is 1. The first kappa shape index (κ1) is 11.1. The fraction of sp³-hybridized carbons (Fsp3) is 0.300. The van der Waals surface area contributed by atoms with Crippen molar-refractivity contribution >= 4 is 21.4 Å². The van der Waals surface area contributed by atoms with Crippen molar-refractivity contribution in [2.75, 3.05) is 5.32 Å². The van der Waals surface area contributed by atoms with Crippen LogP contribution in [0.5, 0.6) is 0 Å². The van der Waals surface area contributed by atoms with Gasteiger partial charge in [0.25, 0.3) is 0 Å². The third-order valence-corrected chi connectivity index (χ3v) is 5.17. The van der Waals surface area contributed by atoms with Crippen molar-refractivity contribution in [3.8, 4) is 0 Å². The Hall–Kier alpha value is -1.43. The van der Waals surface area contributed by atoms with E-state index in [-0.39, 0.29) is 10.6 Å². The fourth-order valence-corrected chi connectivity index (χ4v) is 3.03. The minimum absolute atomic E-state index is 0.169. The Balaban J connectivity index is 2.83. The SMILES string of the molecule is CC1(C)C(=O)Nc2c(F)cccc2S1(=O)=O. The number of rotatable bonds is 0. The highest BCUT2D eigenvalue weighted by Crippen LogP contribution is 2.37. The van der Waals surface area contributed by atoms with Crippen LogP contribution in [0.1, 0.15) is 13.8 Å². The number of carbonyl (C=O) groups excluding carboxylic acids is 1. The van der Waals surface area contributed by atoms with Crippen molar-refractivity contribution < 1.29 is 17.6 Å². The molecule has 6 heteroatoms. The van der Waals surface area contributed by atoms with Gasteiger partial charge in [-0.1, -0.05) is 6.07 Å². The average molecular weight is 243 g/mol. The van der Waals surface area contributed by atoms with E-state index in [9.17, 15) is 17.6 Å². The first-order chi connectivity index (χ1) is 7.28. The molecule has 0 atom stereocenters. The first-order valence-corrected chi connectivity index (χ1v) is 6.11. The van der Waals surface area contributed by atoms with E-state index in [1.54, 1.807) is 0 Å². The lowest BCUT2D eigenvalue weighted by Gasteiger charge is -2.30. The van der Waals surface area contributed by atoms with E-state index < -0.39 is 26.3 Å². The molecule has 0 bridgehead atoms. The molecule has 0 radical (unpaired) electrons. The van der Waals surface area contributed by atoms with Crippen molar-refractivity contribution in [2.45, 2.75) is 23.5 Å². The normalized spacial score (nSPS) is 21.1. The van der Waals surface area contributed by atoms with Crippen LogP contribution in [0.15, 0.2) is 23.1 Å². The lowest BCUT2D eigenvalue weighted by atomic mass is 10.1. The van der Waals surface area contributed by atoms with Gasteiger partial charge in [-0.25, -0.2) is 12.8 Å². The first-order valence-electron chi connectivity index (χ1n) is 4.63. The molecular formula is C10H10FNO3S. The topological polar surface area (TPSA) is 63.2 Å². The largest absolute Gasteiger partial charge is 0.321 e. The predicted molar refractivity (Wildman–Crippen MR) is 56.3 cm³/mol. The van der Waals surface area contributed by atoms with Gasteiger partial charge in [0.2, 0.25) is 5.91 Å². The van der Waals surface area contributed by atoms with Gasteiger partial charge in [-0.05, 0) is 26.0 Å². The number of halogens is 1. The van der Waals surface area contributed by atoms with E-state index in [1.165, 1.54) is 26.0 Å². The Labute approximate surface area is 92.4 Å². The highest BCUT2D eigenvalue weighted by atomic mass is 32.2. The highest BCUT2D eigenvalue weighted by Gasteiger charge is 2.48. The zero-order chi connectivity index (χ0) is 12.1. The summed E-state index contributed by atoms with van der Waals surface area (Å²) in [6.07, 6.45) is 0. The molecule has 0 aromatic heterocycles. The minimum Gasteiger partial charge on any atom is -0.321 e. The average Bonchev–Trinajstić information content (AvgIpc) is 2.18. The molecule has 2 rings (SSSR count). The van der Waals surface area contributed by atoms with Gasteiger partial charge in [-0.3, -0.25) is 4.79 Å². The third kappa shape index (κ3) is 1.19. The van der Waals surface area contributed by atoms with Gasteiger partial charge < -0.3 is 5.32 Å². The van der Waals surface area contributed by atoms with Crippen LogP contribution in [0.2, 0.25) is 0 Å². The molecule has 1 aromatic carbocycles. The molecule has 16 heavy (non-hydrogen) atoms. The van der Waals surface area contributed by atoms with Crippen molar-refractivity contribution in [2.24, 2.45) is 0 Å². The zero-order valence-electron chi connectivity index (χ0n) is 8.74. The van der Waals surface area contributed by atoms with E-state index in [4.69, 9.17) is 0 Å². The number of hydrogen-bond donors (Lipinski definition) is 1. The maximum absolute atomic E-state index is 13.4. The number of benzene rings is 1. The van der Waals surface area contributed by atoms with E-state index in [1.807, 2.05) is 0 Å². The van der Waals surface area contributed by atoms with Crippen LogP contribution in [0.4, 0.5) is 10.1 Å². The van der Waals surface area contributed by atoms with Gasteiger partial charge in [0.1, 0.15) is 10.6 Å². The molecule has 0 saturated carbocycles. The van der Waals surface area contributed by atoms with Gasteiger partial charge in [0, 0.05) is 0 Å². The van der Waals surface area contributed by atoms with Gasteiger partial charge in [-0.2, -0.15) is 0 Å². The summed E-state index contributed by atoms with van der Waals surface area (Å²) < 4.78 is 35.9. The summed E-state index contributed by atoms with van der Waals surface area (Å²) in [5.41, 5.74) is -0.258. The second-order valence-electron chi connectivity index (χ2n) is 4.08. The summed E-state index contributed by atoms with van der Waals surface area (Å²) in [6.45, 7) is 2.59. The Morgan fingerprint density at radius 2 is 1.94 bits per heavy atom. The molecular weight excluding hydrogens is 233 g/mol. The molecule has 1 amide bonds. The van der Waals surface area contributed by atoms with Crippen LogP contribution in [-0.4, -0.2) is 19.1 Å². The summed E-state index contributed by atoms with van der Waals surface area (Å²) in [5, 5.41) is 2.28. The molecule has 0 saturated heterocycles. The summed E-state index contributed by atoms with van der Waals surface area (Å²) >= 11 is 0. The van der Waals surface area contributed by atoms with Crippen molar-refractivity contribution in [1.29, 1.82) is 0 Å². The van der Waals surface area contributed by atoms with Crippen LogP contribution in [-0.2, 0) is 14.6 Å². The van der Waals surface area contributed by atoms with Crippen LogP contribution in [0.25, 0.3) is 0 Å². The van der Waals surface area contributed by atoms with Gasteiger partial charge >= 0.3 is 0 Å². The van der Waals surface area contributed by atoms with E-state index in [0.29, 0.717) is 0 Å². The van der Waals surface area contributed by atoms with E-state index >= 15 is 0 Å².